The average Bonchev–Trinajstić information content (AvgIpc) is 3.12. The van der Waals surface area contributed by atoms with Crippen LogP contribution in [0.15, 0.2) is 60.8 Å². The number of likely N-dealkylation sites (tertiary alicyclic amines) is 1. The lowest BCUT2D eigenvalue weighted by Gasteiger charge is -2.40. The summed E-state index contributed by atoms with van der Waals surface area (Å²) in [7, 11) is 1.49. The first-order valence-electron chi connectivity index (χ1n) is 9.20. The van der Waals surface area contributed by atoms with Crippen molar-refractivity contribution >= 4 is 16.9 Å². The van der Waals surface area contributed by atoms with Crippen LogP contribution in [-0.2, 0) is 16.1 Å². The van der Waals surface area contributed by atoms with Crippen molar-refractivity contribution in [1.29, 1.82) is 0 Å². The number of hydrogen-bond donors (Lipinski definition) is 1. The molecule has 1 fully saturated rings. The number of hydrogen-bond acceptors (Lipinski definition) is 3. The van der Waals surface area contributed by atoms with Gasteiger partial charge in [-0.15, -0.1) is 0 Å². The summed E-state index contributed by atoms with van der Waals surface area (Å²) in [5.41, 5.74) is 3.56. The fourth-order valence-electron chi connectivity index (χ4n) is 4.21. The smallest absolute Gasteiger partial charge is 0.310 e. The molecule has 0 spiro atoms. The standard InChI is InChI=1S/C22H24N2O2/c1-26-22(25)18-11-7-13-24(15-16-8-3-2-4-9-16)21(18)19-14-23-20-12-6-5-10-17(19)20/h2-6,8-10,12,14,18,21,23H,7,11,13,15H2,1H3/t18-,21+/m0/s1. The van der Waals surface area contributed by atoms with Gasteiger partial charge in [0, 0.05) is 23.6 Å². The van der Waals surface area contributed by atoms with Crippen LogP contribution in [0.2, 0.25) is 0 Å². The number of aromatic nitrogens is 1. The highest BCUT2D eigenvalue weighted by Crippen LogP contribution is 2.40. The Morgan fingerprint density at radius 3 is 2.73 bits per heavy atom. The molecule has 0 unspecified atom stereocenters. The molecule has 4 nitrogen and oxygen atoms in total. The second kappa shape index (κ2) is 7.34. The molecule has 0 aliphatic carbocycles. The van der Waals surface area contributed by atoms with Crippen LogP contribution in [0.5, 0.6) is 0 Å². The fraction of sp³-hybridized carbons (Fsp3) is 0.318. The van der Waals surface area contributed by atoms with Crippen molar-refractivity contribution in [2.75, 3.05) is 13.7 Å². The molecule has 26 heavy (non-hydrogen) atoms. The van der Waals surface area contributed by atoms with Crippen molar-refractivity contribution in [2.24, 2.45) is 5.92 Å². The second-order valence-electron chi connectivity index (χ2n) is 6.96. The van der Waals surface area contributed by atoms with Gasteiger partial charge in [0.1, 0.15) is 0 Å². The van der Waals surface area contributed by atoms with E-state index in [-0.39, 0.29) is 17.9 Å². The summed E-state index contributed by atoms with van der Waals surface area (Å²) >= 11 is 0. The Kier molecular flexibility index (Phi) is 4.76. The number of H-pyrrole nitrogens is 1. The zero-order chi connectivity index (χ0) is 17.9. The number of fused-ring (bicyclic) bond motifs is 1. The third-order valence-corrected chi connectivity index (χ3v) is 5.41. The minimum Gasteiger partial charge on any atom is -0.469 e. The van der Waals surface area contributed by atoms with E-state index >= 15 is 0 Å². The largest absolute Gasteiger partial charge is 0.469 e. The van der Waals surface area contributed by atoms with Crippen LogP contribution < -0.4 is 0 Å². The molecule has 2 heterocycles. The first-order chi connectivity index (χ1) is 12.8. The quantitative estimate of drug-likeness (QED) is 0.715. The zero-order valence-corrected chi connectivity index (χ0v) is 15.0. The third-order valence-electron chi connectivity index (χ3n) is 5.41. The molecule has 0 saturated carbocycles. The van der Waals surface area contributed by atoms with Gasteiger partial charge in [-0.3, -0.25) is 9.69 Å². The van der Waals surface area contributed by atoms with E-state index in [2.05, 4.69) is 58.5 Å². The van der Waals surface area contributed by atoms with Crippen LogP contribution in [0.25, 0.3) is 10.9 Å². The molecule has 0 amide bonds. The highest BCUT2D eigenvalue weighted by atomic mass is 16.5. The Labute approximate surface area is 153 Å². The van der Waals surface area contributed by atoms with Gasteiger partial charge in [0.05, 0.1) is 19.1 Å². The maximum absolute atomic E-state index is 12.5. The normalized spacial score (nSPS) is 21.0. The van der Waals surface area contributed by atoms with Gasteiger partial charge in [-0.25, -0.2) is 0 Å². The Morgan fingerprint density at radius 2 is 1.92 bits per heavy atom. The number of aromatic amines is 1. The molecule has 0 bridgehead atoms. The molecular formula is C22H24N2O2. The summed E-state index contributed by atoms with van der Waals surface area (Å²) in [6.07, 6.45) is 3.93. The lowest BCUT2D eigenvalue weighted by Crippen LogP contribution is -2.41. The van der Waals surface area contributed by atoms with E-state index in [0.717, 1.165) is 31.4 Å². The molecule has 4 rings (SSSR count). The Hall–Kier alpha value is -2.59. The number of nitrogens with zero attached hydrogens (tertiary/aromatic N) is 1. The number of rotatable bonds is 4. The molecule has 1 aliphatic heterocycles. The molecule has 4 heteroatoms. The number of carbonyl (C=O) groups excluding carboxylic acids is 1. The van der Waals surface area contributed by atoms with Gasteiger partial charge in [0.25, 0.3) is 0 Å². The Balaban J connectivity index is 1.75. The molecule has 2 atom stereocenters. The number of methoxy groups -OCH3 is 1. The van der Waals surface area contributed by atoms with Crippen molar-refractivity contribution in [3.8, 4) is 0 Å². The molecule has 2 aromatic carbocycles. The van der Waals surface area contributed by atoms with E-state index in [1.807, 2.05) is 12.1 Å². The maximum Gasteiger partial charge on any atom is 0.310 e. The number of piperidine rings is 1. The summed E-state index contributed by atoms with van der Waals surface area (Å²) in [6.45, 7) is 1.81. The van der Waals surface area contributed by atoms with E-state index < -0.39 is 0 Å². The predicted octanol–water partition coefficient (Wildman–Crippen LogP) is 4.29. The van der Waals surface area contributed by atoms with Crippen LogP contribution in [0, 0.1) is 5.92 Å². The van der Waals surface area contributed by atoms with E-state index in [1.165, 1.54) is 23.6 Å². The van der Waals surface area contributed by atoms with Crippen molar-refractivity contribution in [3.63, 3.8) is 0 Å². The van der Waals surface area contributed by atoms with E-state index in [1.54, 1.807) is 0 Å². The maximum atomic E-state index is 12.5. The summed E-state index contributed by atoms with van der Waals surface area (Å²) in [5.74, 6) is -0.255. The molecule has 0 radical (unpaired) electrons. The van der Waals surface area contributed by atoms with Gasteiger partial charge in [0.15, 0.2) is 0 Å². The van der Waals surface area contributed by atoms with Gasteiger partial charge >= 0.3 is 5.97 Å². The monoisotopic (exact) mass is 348 g/mol. The molecule has 1 saturated heterocycles. The number of nitrogens with one attached hydrogen (secondary N) is 1. The van der Waals surface area contributed by atoms with Crippen LogP contribution >= 0.6 is 0 Å². The third kappa shape index (κ3) is 3.13. The minimum absolute atomic E-state index is 0.0209. The van der Waals surface area contributed by atoms with Crippen molar-refractivity contribution < 1.29 is 9.53 Å². The van der Waals surface area contributed by atoms with Crippen molar-refractivity contribution in [1.82, 2.24) is 9.88 Å². The van der Waals surface area contributed by atoms with Gasteiger partial charge in [0.2, 0.25) is 0 Å². The summed E-state index contributed by atoms with van der Waals surface area (Å²) in [5, 5.41) is 1.19. The summed E-state index contributed by atoms with van der Waals surface area (Å²) < 4.78 is 5.15. The van der Waals surface area contributed by atoms with E-state index in [9.17, 15) is 4.79 Å². The van der Waals surface area contributed by atoms with E-state index in [0.29, 0.717) is 0 Å². The van der Waals surface area contributed by atoms with Crippen LogP contribution in [0.1, 0.15) is 30.0 Å². The Morgan fingerprint density at radius 1 is 1.15 bits per heavy atom. The van der Waals surface area contributed by atoms with Crippen molar-refractivity contribution in [3.05, 3.63) is 71.9 Å². The first-order valence-corrected chi connectivity index (χ1v) is 9.20. The topological polar surface area (TPSA) is 45.3 Å². The lowest BCUT2D eigenvalue weighted by molar-refractivity contribution is -0.150. The van der Waals surface area contributed by atoms with Crippen molar-refractivity contribution in [2.45, 2.75) is 25.4 Å². The number of benzene rings is 2. The highest BCUT2D eigenvalue weighted by Gasteiger charge is 2.38. The SMILES string of the molecule is COC(=O)[C@H]1CCCN(Cc2ccccc2)[C@H]1c1c[nH]c2ccccc12. The summed E-state index contributed by atoms with van der Waals surface area (Å²) in [6, 6.07) is 18.8. The second-order valence-corrected chi connectivity index (χ2v) is 6.96. The van der Waals surface area contributed by atoms with E-state index in [4.69, 9.17) is 4.74 Å². The molecular weight excluding hydrogens is 324 g/mol. The fourth-order valence-corrected chi connectivity index (χ4v) is 4.21. The molecule has 134 valence electrons. The number of ether oxygens (including phenoxy) is 1. The first kappa shape index (κ1) is 16.9. The van der Waals surface area contributed by atoms with Gasteiger partial charge < -0.3 is 9.72 Å². The summed E-state index contributed by atoms with van der Waals surface area (Å²) in [4.78, 5) is 18.3. The number of para-hydroxylation sites is 1. The van der Waals surface area contributed by atoms with Gasteiger partial charge in [-0.2, -0.15) is 0 Å². The van der Waals surface area contributed by atoms with Gasteiger partial charge in [-0.1, -0.05) is 48.5 Å². The number of esters is 1. The zero-order valence-electron chi connectivity index (χ0n) is 15.0. The molecule has 1 aromatic heterocycles. The predicted molar refractivity (Wildman–Crippen MR) is 103 cm³/mol. The lowest BCUT2D eigenvalue weighted by atomic mass is 9.84. The molecule has 1 N–H and O–H groups in total. The van der Waals surface area contributed by atoms with Crippen LogP contribution in [-0.4, -0.2) is 29.5 Å². The molecule has 1 aliphatic rings. The minimum atomic E-state index is -0.142. The van der Waals surface area contributed by atoms with Crippen LogP contribution in [0.3, 0.4) is 0 Å². The van der Waals surface area contributed by atoms with Gasteiger partial charge in [-0.05, 0) is 36.6 Å². The average molecular weight is 348 g/mol. The number of carbonyl (C=O) groups is 1. The van der Waals surface area contributed by atoms with Crippen LogP contribution in [0.4, 0.5) is 0 Å². The highest BCUT2D eigenvalue weighted by molar-refractivity contribution is 5.85. The molecule has 3 aromatic rings. The Bertz CT molecular complexity index is 887.